The fourth-order valence-electron chi connectivity index (χ4n) is 5.72. The van der Waals surface area contributed by atoms with E-state index in [1.165, 1.54) is 0 Å². The van der Waals surface area contributed by atoms with E-state index in [-0.39, 0.29) is 0 Å². The normalized spacial score (nSPS) is 25.6. The van der Waals surface area contributed by atoms with E-state index < -0.39 is 37.8 Å². The van der Waals surface area contributed by atoms with Gasteiger partial charge in [-0.05, 0) is 36.1 Å². The van der Waals surface area contributed by atoms with Crippen LogP contribution in [0.5, 0.6) is 0 Å². The van der Waals surface area contributed by atoms with Crippen LogP contribution >= 0.6 is 8.60 Å². The Kier molecular flexibility index (Phi) is 6.24. The van der Waals surface area contributed by atoms with E-state index in [4.69, 9.17) is 18.5 Å². The van der Waals surface area contributed by atoms with E-state index >= 15 is 0 Å². The number of fused-ring (bicyclic) bond motifs is 1. The van der Waals surface area contributed by atoms with Crippen molar-refractivity contribution in [2.45, 2.75) is 43.0 Å². The predicted octanol–water partition coefficient (Wildman–Crippen LogP) is 5.76. The van der Waals surface area contributed by atoms with Gasteiger partial charge in [0.2, 0.25) is 8.60 Å². The van der Waals surface area contributed by atoms with Gasteiger partial charge in [0.25, 0.3) is 0 Å². The first kappa shape index (κ1) is 24.4. The fraction of sp³-hybridized carbons (Fsp3) is 0.226. The van der Waals surface area contributed by atoms with Crippen LogP contribution in [0, 0.1) is 0 Å². The molecule has 4 aromatic carbocycles. The summed E-state index contributed by atoms with van der Waals surface area (Å²) >= 11 is 0. The van der Waals surface area contributed by atoms with E-state index in [0.717, 1.165) is 22.3 Å². The molecule has 0 aliphatic carbocycles. The van der Waals surface area contributed by atoms with Gasteiger partial charge in [-0.25, -0.2) is 0 Å². The van der Waals surface area contributed by atoms with Crippen molar-refractivity contribution in [2.75, 3.05) is 0 Å². The van der Waals surface area contributed by atoms with Crippen molar-refractivity contribution in [1.82, 2.24) is 0 Å². The maximum absolute atomic E-state index is 14.0. The van der Waals surface area contributed by atoms with Gasteiger partial charge in [0.15, 0.2) is 17.0 Å². The number of ether oxygens (including phenoxy) is 2. The highest BCUT2D eigenvalue weighted by Gasteiger charge is 2.68. The molecule has 2 fully saturated rings. The number of hydrogen-bond donors (Lipinski definition) is 0. The minimum absolute atomic E-state index is 0.704. The Balaban J connectivity index is 1.68. The molecule has 0 radical (unpaired) electrons. The third-order valence-electron chi connectivity index (χ3n) is 7.20. The quantitative estimate of drug-likeness (QED) is 0.326. The van der Waals surface area contributed by atoms with E-state index in [1.54, 1.807) is 0 Å². The van der Waals surface area contributed by atoms with Crippen LogP contribution in [0.4, 0.5) is 0 Å². The van der Waals surface area contributed by atoms with Gasteiger partial charge in [-0.15, -0.1) is 0 Å². The van der Waals surface area contributed by atoms with Gasteiger partial charge in [-0.2, -0.15) is 9.05 Å². The molecule has 2 saturated heterocycles. The van der Waals surface area contributed by atoms with Gasteiger partial charge in [-0.1, -0.05) is 121 Å². The summed E-state index contributed by atoms with van der Waals surface area (Å²) in [5.74, 6) is -0.960. The van der Waals surface area contributed by atoms with Crippen LogP contribution in [0.3, 0.4) is 0 Å². The molecule has 2 atom stereocenters. The largest absolute Gasteiger partial charge is 0.633 e. The first-order valence-corrected chi connectivity index (χ1v) is 13.7. The second-order valence-electron chi connectivity index (χ2n) is 9.87. The molecule has 4 aromatic rings. The summed E-state index contributed by atoms with van der Waals surface area (Å²) in [5, 5.41) is 0. The second kappa shape index (κ2) is 9.45. The Hall–Kier alpha value is -2.89. The minimum atomic E-state index is -3.12. The highest BCUT2D eigenvalue weighted by Crippen LogP contribution is 2.62. The van der Waals surface area contributed by atoms with Crippen molar-refractivity contribution in [3.05, 3.63) is 144 Å². The lowest BCUT2D eigenvalue weighted by Crippen LogP contribution is -2.53. The van der Waals surface area contributed by atoms with Crippen molar-refractivity contribution >= 4 is 8.60 Å². The number of hydrogen-bond acceptors (Lipinski definition) is 5. The lowest BCUT2D eigenvalue weighted by Gasteiger charge is -2.39. The Morgan fingerprint density at radius 1 is 0.514 bits per heavy atom. The summed E-state index contributed by atoms with van der Waals surface area (Å²) < 4.78 is 26.7. The molecule has 0 spiro atoms. The molecule has 6 heteroatoms. The van der Waals surface area contributed by atoms with Crippen LogP contribution in [0.15, 0.2) is 121 Å². The molecular weight excluding hydrogens is 483 g/mol. The van der Waals surface area contributed by atoms with Crippen molar-refractivity contribution in [3.63, 3.8) is 0 Å². The highest BCUT2D eigenvalue weighted by molar-refractivity contribution is 7.39. The van der Waals surface area contributed by atoms with E-state index in [9.17, 15) is 4.89 Å². The molecule has 0 bridgehead atoms. The van der Waals surface area contributed by atoms with Gasteiger partial charge in [-0.3, -0.25) is 0 Å². The van der Waals surface area contributed by atoms with Crippen LogP contribution < -0.4 is 4.89 Å². The molecule has 2 aliphatic heterocycles. The van der Waals surface area contributed by atoms with E-state index in [0.29, 0.717) is 0 Å². The Morgan fingerprint density at radius 3 is 1.05 bits per heavy atom. The molecular formula is C31H29O5P. The van der Waals surface area contributed by atoms with Crippen molar-refractivity contribution in [1.29, 1.82) is 0 Å². The smallest absolute Gasteiger partial charge is 0.228 e. The monoisotopic (exact) mass is 512 g/mol. The third-order valence-corrected chi connectivity index (χ3v) is 8.17. The zero-order valence-electron chi connectivity index (χ0n) is 20.7. The summed E-state index contributed by atoms with van der Waals surface area (Å²) in [6.45, 7) is 3.79. The standard InChI is InChI=1S/C31H29O5P/c1-29(2)33-27-28(34-29)31(25-19-11-5-12-20-25,26-21-13-6-14-22-26)36-37(32)35-30(27,23-15-7-3-8-16-23)24-17-9-4-10-18-24/h3-22,27-28,37H,1-2H3. The van der Waals surface area contributed by atoms with Crippen molar-refractivity contribution in [2.24, 2.45) is 0 Å². The van der Waals surface area contributed by atoms with Crippen LogP contribution in [-0.4, -0.2) is 18.0 Å². The molecule has 5 nitrogen and oxygen atoms in total. The highest BCUT2D eigenvalue weighted by atomic mass is 31.2. The molecule has 0 N–H and O–H groups in total. The molecule has 2 unspecified atom stereocenters. The van der Waals surface area contributed by atoms with Crippen LogP contribution in [0.1, 0.15) is 36.1 Å². The average molecular weight is 513 g/mol. The molecule has 2 heterocycles. The minimum Gasteiger partial charge on any atom is -0.633 e. The van der Waals surface area contributed by atoms with Crippen LogP contribution in [0.2, 0.25) is 0 Å². The molecule has 0 amide bonds. The molecule has 37 heavy (non-hydrogen) atoms. The number of benzene rings is 4. The Labute approximate surface area is 218 Å². The second-order valence-corrected chi connectivity index (χ2v) is 10.8. The molecule has 0 saturated carbocycles. The summed E-state index contributed by atoms with van der Waals surface area (Å²) in [4.78, 5) is 14.0. The van der Waals surface area contributed by atoms with Crippen molar-refractivity contribution in [3.8, 4) is 0 Å². The molecule has 6 rings (SSSR count). The molecule has 188 valence electrons. The molecule has 2 aliphatic rings. The first-order valence-electron chi connectivity index (χ1n) is 12.5. The van der Waals surface area contributed by atoms with E-state index in [1.807, 2.05) is 135 Å². The van der Waals surface area contributed by atoms with Gasteiger partial charge < -0.3 is 14.4 Å². The van der Waals surface area contributed by atoms with Crippen LogP contribution in [-0.2, 0) is 29.7 Å². The fourth-order valence-corrected chi connectivity index (χ4v) is 7.00. The lowest BCUT2D eigenvalue weighted by atomic mass is 9.72. The van der Waals surface area contributed by atoms with E-state index in [2.05, 4.69) is 0 Å². The summed E-state index contributed by atoms with van der Waals surface area (Å²) in [6, 6.07) is 39.2. The zero-order valence-corrected chi connectivity index (χ0v) is 21.7. The lowest BCUT2D eigenvalue weighted by molar-refractivity contribution is -0.234. The topological polar surface area (TPSA) is 60.0 Å². The predicted molar refractivity (Wildman–Crippen MR) is 142 cm³/mol. The summed E-state index contributed by atoms with van der Waals surface area (Å²) in [5.41, 5.74) is 0.769. The average Bonchev–Trinajstić information content (AvgIpc) is 3.23. The van der Waals surface area contributed by atoms with Gasteiger partial charge in [0.1, 0.15) is 12.2 Å². The Morgan fingerprint density at radius 2 is 0.784 bits per heavy atom. The Bertz CT molecular complexity index is 1150. The maximum Gasteiger partial charge on any atom is 0.228 e. The molecule has 0 aromatic heterocycles. The summed E-state index contributed by atoms with van der Waals surface area (Å²) in [6.07, 6.45) is -1.41. The van der Waals surface area contributed by atoms with Gasteiger partial charge >= 0.3 is 0 Å². The maximum atomic E-state index is 14.0. The first-order chi connectivity index (χ1) is 18.0. The zero-order chi connectivity index (χ0) is 25.5. The SMILES string of the molecule is CC1(C)OC2C(O1)C(c1ccccc1)(c1ccccc1)O[PH+]([O-])OC2(c1ccccc1)c1ccccc1. The number of rotatable bonds is 4. The third kappa shape index (κ3) is 4.04. The van der Waals surface area contributed by atoms with Crippen molar-refractivity contribution < 1.29 is 23.4 Å². The van der Waals surface area contributed by atoms with Gasteiger partial charge in [0.05, 0.1) is 0 Å². The van der Waals surface area contributed by atoms with Gasteiger partial charge in [0, 0.05) is 0 Å². The summed E-state index contributed by atoms with van der Waals surface area (Å²) in [7, 11) is -3.12. The van der Waals surface area contributed by atoms with Crippen LogP contribution in [0.25, 0.3) is 0 Å².